The average Bonchev–Trinajstić information content (AvgIpc) is 2.87. The zero-order valence-electron chi connectivity index (χ0n) is 21.2. The van der Waals surface area contributed by atoms with Crippen LogP contribution in [0.4, 0.5) is 0 Å². The predicted octanol–water partition coefficient (Wildman–Crippen LogP) is 6.40. The molecule has 0 heterocycles. The lowest BCUT2D eigenvalue weighted by Crippen LogP contribution is -2.51. The molecule has 2 amide bonds. The summed E-state index contributed by atoms with van der Waals surface area (Å²) >= 11 is 5.08. The Bertz CT molecular complexity index is 1120. The second-order valence-corrected chi connectivity index (χ2v) is 11.3. The van der Waals surface area contributed by atoms with Crippen LogP contribution in [0, 0.1) is 12.8 Å². The number of hydrogen-bond acceptors (Lipinski definition) is 3. The minimum atomic E-state index is -0.596. The molecule has 0 fully saturated rings. The predicted molar refractivity (Wildman–Crippen MR) is 154 cm³/mol. The maximum absolute atomic E-state index is 13.7. The van der Waals surface area contributed by atoms with Gasteiger partial charge in [0.05, 0.1) is 5.75 Å². The highest BCUT2D eigenvalue weighted by Crippen LogP contribution is 2.20. The van der Waals surface area contributed by atoms with E-state index in [2.05, 4.69) is 54.2 Å². The molecular weight excluding hydrogens is 532 g/mol. The molecule has 0 aliphatic heterocycles. The van der Waals surface area contributed by atoms with Crippen molar-refractivity contribution in [3.8, 4) is 0 Å². The van der Waals surface area contributed by atoms with Gasteiger partial charge in [0, 0.05) is 29.7 Å². The lowest BCUT2D eigenvalue weighted by Gasteiger charge is -2.32. The second-order valence-electron chi connectivity index (χ2n) is 9.41. The zero-order valence-corrected chi connectivity index (χ0v) is 23.6. The SMILES string of the molecule is Cc1ccccc1CSCC(=O)N(Cc1ccc(Br)cc1)C(Cc1ccccc1)C(=O)NCC(C)C. The first-order valence-electron chi connectivity index (χ1n) is 12.3. The van der Waals surface area contributed by atoms with Gasteiger partial charge in [0.25, 0.3) is 0 Å². The van der Waals surface area contributed by atoms with Gasteiger partial charge in [-0.05, 0) is 47.2 Å². The fourth-order valence-corrected chi connectivity index (χ4v) is 5.12. The highest BCUT2D eigenvalue weighted by Gasteiger charge is 2.30. The summed E-state index contributed by atoms with van der Waals surface area (Å²) in [5.41, 5.74) is 4.47. The van der Waals surface area contributed by atoms with Crippen molar-refractivity contribution in [3.05, 3.63) is 106 Å². The number of carbonyl (C=O) groups is 2. The van der Waals surface area contributed by atoms with Crippen LogP contribution in [0.3, 0.4) is 0 Å². The van der Waals surface area contributed by atoms with Crippen LogP contribution in [0.5, 0.6) is 0 Å². The third-order valence-electron chi connectivity index (χ3n) is 5.97. The standard InChI is InChI=1S/C30H35BrN2O2S/c1-22(2)18-32-30(35)28(17-24-10-5-4-6-11-24)33(19-25-13-15-27(31)16-14-25)29(34)21-36-20-26-12-8-7-9-23(26)3/h4-16,22,28H,17-21H2,1-3H3,(H,32,35). The molecule has 36 heavy (non-hydrogen) atoms. The van der Waals surface area contributed by atoms with Gasteiger partial charge in [-0.3, -0.25) is 9.59 Å². The Kier molecular flexibility index (Phi) is 11.1. The molecule has 6 heteroatoms. The molecule has 0 spiro atoms. The molecular formula is C30H35BrN2O2S. The molecule has 1 unspecified atom stereocenters. The van der Waals surface area contributed by atoms with Crippen molar-refractivity contribution in [3.63, 3.8) is 0 Å². The number of carbonyl (C=O) groups excluding carboxylic acids is 2. The van der Waals surface area contributed by atoms with Crippen LogP contribution in [0.25, 0.3) is 0 Å². The first kappa shape index (κ1) is 28.0. The van der Waals surface area contributed by atoms with Gasteiger partial charge in [-0.15, -0.1) is 11.8 Å². The molecule has 3 aromatic rings. The smallest absolute Gasteiger partial charge is 0.243 e. The highest BCUT2D eigenvalue weighted by atomic mass is 79.9. The summed E-state index contributed by atoms with van der Waals surface area (Å²) in [4.78, 5) is 28.9. The molecule has 4 nitrogen and oxygen atoms in total. The van der Waals surface area contributed by atoms with Gasteiger partial charge < -0.3 is 10.2 Å². The van der Waals surface area contributed by atoms with Crippen molar-refractivity contribution in [2.75, 3.05) is 12.3 Å². The summed E-state index contributed by atoms with van der Waals surface area (Å²) in [6.07, 6.45) is 0.468. The van der Waals surface area contributed by atoms with Gasteiger partial charge in [0.1, 0.15) is 6.04 Å². The third-order valence-corrected chi connectivity index (χ3v) is 7.46. The Hall–Kier alpha value is -2.57. The van der Waals surface area contributed by atoms with Gasteiger partial charge >= 0.3 is 0 Å². The fourth-order valence-electron chi connectivity index (χ4n) is 3.87. The van der Waals surface area contributed by atoms with E-state index in [1.807, 2.05) is 66.7 Å². The number of benzene rings is 3. The van der Waals surface area contributed by atoms with E-state index in [0.717, 1.165) is 21.4 Å². The lowest BCUT2D eigenvalue weighted by atomic mass is 10.0. The van der Waals surface area contributed by atoms with Crippen LogP contribution >= 0.6 is 27.7 Å². The Balaban J connectivity index is 1.84. The van der Waals surface area contributed by atoms with Crippen molar-refractivity contribution in [2.45, 2.75) is 45.5 Å². The van der Waals surface area contributed by atoms with Crippen LogP contribution in [0.1, 0.15) is 36.1 Å². The van der Waals surface area contributed by atoms with Crippen LogP contribution in [-0.4, -0.2) is 35.1 Å². The molecule has 0 aliphatic rings. The maximum atomic E-state index is 13.7. The van der Waals surface area contributed by atoms with Gasteiger partial charge in [0.15, 0.2) is 0 Å². The first-order chi connectivity index (χ1) is 17.3. The quantitative estimate of drug-likeness (QED) is 0.276. The summed E-state index contributed by atoms with van der Waals surface area (Å²) in [7, 11) is 0. The first-order valence-corrected chi connectivity index (χ1v) is 14.3. The van der Waals surface area contributed by atoms with Crippen molar-refractivity contribution in [1.82, 2.24) is 10.2 Å². The van der Waals surface area contributed by atoms with E-state index in [9.17, 15) is 9.59 Å². The number of rotatable bonds is 12. The molecule has 1 N–H and O–H groups in total. The summed E-state index contributed by atoms with van der Waals surface area (Å²) in [5.74, 6) is 1.26. The monoisotopic (exact) mass is 566 g/mol. The fraction of sp³-hybridized carbons (Fsp3) is 0.333. The van der Waals surface area contributed by atoms with Crippen LogP contribution in [-0.2, 0) is 28.3 Å². The molecule has 0 saturated heterocycles. The van der Waals surface area contributed by atoms with E-state index in [-0.39, 0.29) is 11.8 Å². The van der Waals surface area contributed by atoms with Crippen molar-refractivity contribution in [1.29, 1.82) is 0 Å². The van der Waals surface area contributed by atoms with Crippen molar-refractivity contribution in [2.24, 2.45) is 5.92 Å². The van der Waals surface area contributed by atoms with Crippen LogP contribution < -0.4 is 5.32 Å². The van der Waals surface area contributed by atoms with E-state index >= 15 is 0 Å². The Morgan fingerprint density at radius 1 is 0.917 bits per heavy atom. The summed E-state index contributed by atoms with van der Waals surface area (Å²) < 4.78 is 0.980. The van der Waals surface area contributed by atoms with E-state index < -0.39 is 6.04 Å². The molecule has 0 radical (unpaired) electrons. The topological polar surface area (TPSA) is 49.4 Å². The lowest BCUT2D eigenvalue weighted by molar-refractivity contribution is -0.139. The Morgan fingerprint density at radius 3 is 2.25 bits per heavy atom. The minimum Gasteiger partial charge on any atom is -0.354 e. The second kappa shape index (κ2) is 14.2. The van der Waals surface area contributed by atoms with Gasteiger partial charge in [-0.25, -0.2) is 0 Å². The summed E-state index contributed by atoms with van der Waals surface area (Å²) in [5, 5.41) is 3.07. The van der Waals surface area contributed by atoms with Crippen LogP contribution in [0.15, 0.2) is 83.3 Å². The number of thioether (sulfide) groups is 1. The number of halogens is 1. The summed E-state index contributed by atoms with van der Waals surface area (Å²) in [6.45, 7) is 7.18. The van der Waals surface area contributed by atoms with Crippen LogP contribution in [0.2, 0.25) is 0 Å². The molecule has 1 atom stereocenters. The molecule has 3 aromatic carbocycles. The Labute approximate surface area is 228 Å². The van der Waals surface area contributed by atoms with E-state index in [1.165, 1.54) is 11.1 Å². The number of nitrogens with zero attached hydrogens (tertiary/aromatic N) is 1. The minimum absolute atomic E-state index is 0.0304. The summed E-state index contributed by atoms with van der Waals surface area (Å²) in [6, 6.07) is 25.5. The number of aryl methyl sites for hydroxylation is 1. The Morgan fingerprint density at radius 2 is 1.58 bits per heavy atom. The molecule has 190 valence electrons. The van der Waals surface area contributed by atoms with E-state index in [0.29, 0.717) is 31.2 Å². The van der Waals surface area contributed by atoms with E-state index in [4.69, 9.17) is 0 Å². The molecule has 0 bridgehead atoms. The molecule has 0 aromatic heterocycles. The third kappa shape index (κ3) is 8.82. The molecule has 3 rings (SSSR count). The zero-order chi connectivity index (χ0) is 25.9. The van der Waals surface area contributed by atoms with E-state index in [1.54, 1.807) is 16.7 Å². The van der Waals surface area contributed by atoms with Crippen molar-refractivity contribution >= 4 is 39.5 Å². The number of hydrogen-bond donors (Lipinski definition) is 1. The van der Waals surface area contributed by atoms with Crippen molar-refractivity contribution < 1.29 is 9.59 Å². The number of nitrogens with one attached hydrogen (secondary N) is 1. The number of amides is 2. The highest BCUT2D eigenvalue weighted by molar-refractivity contribution is 9.10. The maximum Gasteiger partial charge on any atom is 0.243 e. The average molecular weight is 568 g/mol. The molecule has 0 saturated carbocycles. The van der Waals surface area contributed by atoms with Gasteiger partial charge in [0.2, 0.25) is 11.8 Å². The van der Waals surface area contributed by atoms with Gasteiger partial charge in [-0.1, -0.05) is 96.5 Å². The largest absolute Gasteiger partial charge is 0.354 e. The molecule has 0 aliphatic carbocycles. The normalized spacial score (nSPS) is 11.8. The van der Waals surface area contributed by atoms with Gasteiger partial charge in [-0.2, -0.15) is 0 Å².